The van der Waals surface area contributed by atoms with Gasteiger partial charge in [-0.1, -0.05) is 54.2 Å². The average molecular weight is 377 g/mol. The van der Waals surface area contributed by atoms with Gasteiger partial charge < -0.3 is 5.11 Å². The molecular formula is C16H13BrN2O2S. The Morgan fingerprint density at radius 3 is 2.50 bits per heavy atom. The Hall–Kier alpha value is -1.92. The lowest BCUT2D eigenvalue weighted by molar-refractivity contribution is 0.399. The summed E-state index contributed by atoms with van der Waals surface area (Å²) >= 11 is 4.68. The number of nitrogens with one attached hydrogen (secondary N) is 1. The third kappa shape index (κ3) is 3.13. The van der Waals surface area contributed by atoms with E-state index in [1.807, 2.05) is 54.6 Å². The van der Waals surface area contributed by atoms with Crippen LogP contribution in [0.15, 0.2) is 73.7 Å². The molecule has 0 saturated heterocycles. The van der Waals surface area contributed by atoms with Crippen LogP contribution < -0.4 is 5.56 Å². The summed E-state index contributed by atoms with van der Waals surface area (Å²) in [4.78, 5) is 13.3. The third-order valence-corrected chi connectivity index (χ3v) is 5.24. The average Bonchev–Trinajstić information content (AvgIpc) is 2.78. The van der Waals surface area contributed by atoms with Crippen molar-refractivity contribution >= 4 is 27.7 Å². The van der Waals surface area contributed by atoms with Gasteiger partial charge in [-0.05, 0) is 33.6 Å². The van der Waals surface area contributed by atoms with E-state index in [0.717, 1.165) is 14.9 Å². The van der Waals surface area contributed by atoms with Crippen LogP contribution in [0.25, 0.3) is 0 Å². The first kappa shape index (κ1) is 15.0. The zero-order chi connectivity index (χ0) is 15.5. The number of aromatic nitrogens is 2. The van der Waals surface area contributed by atoms with E-state index < -0.39 is 0 Å². The highest BCUT2D eigenvalue weighted by Gasteiger charge is 2.16. The molecule has 0 fully saturated rings. The van der Waals surface area contributed by atoms with Crippen LogP contribution in [-0.4, -0.2) is 14.9 Å². The lowest BCUT2D eigenvalue weighted by Crippen LogP contribution is -2.07. The van der Waals surface area contributed by atoms with Crippen LogP contribution >= 0.6 is 27.7 Å². The Morgan fingerprint density at radius 2 is 1.77 bits per heavy atom. The molecule has 6 heteroatoms. The van der Waals surface area contributed by atoms with Crippen LogP contribution in [0.3, 0.4) is 0 Å². The molecule has 0 aliphatic heterocycles. The summed E-state index contributed by atoms with van der Waals surface area (Å²) in [5.41, 5.74) is 0.704. The normalized spacial score (nSPS) is 10.8. The van der Waals surface area contributed by atoms with Gasteiger partial charge in [-0.3, -0.25) is 9.89 Å². The van der Waals surface area contributed by atoms with Gasteiger partial charge in [0.05, 0.1) is 6.54 Å². The Bertz CT molecular complexity index is 843. The lowest BCUT2D eigenvalue weighted by Gasteiger charge is -2.05. The molecule has 2 N–H and O–H groups in total. The van der Waals surface area contributed by atoms with Crippen molar-refractivity contribution in [2.45, 2.75) is 16.3 Å². The number of rotatable bonds is 4. The topological polar surface area (TPSA) is 58.0 Å². The van der Waals surface area contributed by atoms with Gasteiger partial charge in [0.15, 0.2) is 0 Å². The van der Waals surface area contributed by atoms with Crippen molar-refractivity contribution in [1.82, 2.24) is 9.78 Å². The van der Waals surface area contributed by atoms with E-state index in [-0.39, 0.29) is 11.4 Å². The van der Waals surface area contributed by atoms with Gasteiger partial charge in [0.1, 0.15) is 4.90 Å². The van der Waals surface area contributed by atoms with Crippen LogP contribution in [0.1, 0.15) is 5.56 Å². The third-order valence-electron chi connectivity index (χ3n) is 3.13. The minimum absolute atomic E-state index is 0.0467. The fourth-order valence-corrected chi connectivity index (χ4v) is 3.46. The molecule has 0 spiro atoms. The van der Waals surface area contributed by atoms with Crippen LogP contribution in [-0.2, 0) is 6.54 Å². The number of nitrogens with zero attached hydrogens (tertiary/aromatic N) is 1. The zero-order valence-corrected chi connectivity index (χ0v) is 13.9. The highest BCUT2D eigenvalue weighted by Crippen LogP contribution is 2.35. The molecule has 0 atom stereocenters. The van der Waals surface area contributed by atoms with E-state index in [1.165, 1.54) is 16.4 Å². The minimum Gasteiger partial charge on any atom is -0.493 e. The van der Waals surface area contributed by atoms with E-state index in [0.29, 0.717) is 11.4 Å². The monoisotopic (exact) mass is 376 g/mol. The number of halogens is 1. The van der Waals surface area contributed by atoms with Gasteiger partial charge in [0.25, 0.3) is 5.56 Å². The van der Waals surface area contributed by atoms with Crippen LogP contribution in [0.4, 0.5) is 0 Å². The maximum absolute atomic E-state index is 12.1. The minimum atomic E-state index is -0.297. The fraction of sp³-hybridized carbons (Fsp3) is 0.0625. The molecule has 0 amide bonds. The molecule has 0 aliphatic carbocycles. The quantitative estimate of drug-likeness (QED) is 0.726. The van der Waals surface area contributed by atoms with Crippen molar-refractivity contribution in [1.29, 1.82) is 0 Å². The summed E-state index contributed by atoms with van der Waals surface area (Å²) in [6.45, 7) is 0.415. The molecule has 112 valence electrons. The zero-order valence-electron chi connectivity index (χ0n) is 11.5. The second-order valence-corrected chi connectivity index (χ2v) is 6.60. The van der Waals surface area contributed by atoms with Crippen molar-refractivity contribution < 1.29 is 5.11 Å². The maximum atomic E-state index is 12.1. The van der Waals surface area contributed by atoms with Gasteiger partial charge in [0, 0.05) is 9.37 Å². The van der Waals surface area contributed by atoms with Crippen molar-refractivity contribution in [3.05, 3.63) is 75.0 Å². The largest absolute Gasteiger partial charge is 0.493 e. The predicted octanol–water partition coefficient (Wildman–Crippen LogP) is 3.84. The number of aromatic amines is 1. The second-order valence-electron chi connectivity index (χ2n) is 4.70. The predicted molar refractivity (Wildman–Crippen MR) is 90.5 cm³/mol. The first-order valence-corrected chi connectivity index (χ1v) is 8.24. The van der Waals surface area contributed by atoms with Crippen molar-refractivity contribution in [2.24, 2.45) is 0 Å². The summed E-state index contributed by atoms with van der Waals surface area (Å²) in [5, 5.41) is 13.0. The van der Waals surface area contributed by atoms with Crippen LogP contribution in [0, 0.1) is 0 Å². The Balaban J connectivity index is 1.91. The molecule has 4 nitrogen and oxygen atoms in total. The number of aromatic hydroxyl groups is 1. The highest BCUT2D eigenvalue weighted by atomic mass is 79.9. The summed E-state index contributed by atoms with van der Waals surface area (Å²) in [7, 11) is 0. The standard InChI is InChI=1S/C16H13BrN2O2S/c17-12-8-4-5-9-13(12)22-14-15(20)18-19(16(14)21)10-11-6-2-1-3-7-11/h1-9,21H,10H2,(H,18,20). The van der Waals surface area contributed by atoms with Gasteiger partial charge in [0.2, 0.25) is 5.88 Å². The van der Waals surface area contributed by atoms with E-state index in [2.05, 4.69) is 21.0 Å². The Morgan fingerprint density at radius 1 is 1.09 bits per heavy atom. The smallest absolute Gasteiger partial charge is 0.282 e. The lowest BCUT2D eigenvalue weighted by atomic mass is 10.2. The van der Waals surface area contributed by atoms with Crippen LogP contribution in [0.5, 0.6) is 5.88 Å². The second kappa shape index (κ2) is 6.46. The molecule has 3 aromatic rings. The first-order valence-electron chi connectivity index (χ1n) is 6.63. The Kier molecular flexibility index (Phi) is 4.40. The van der Waals surface area contributed by atoms with E-state index >= 15 is 0 Å². The SMILES string of the molecule is O=c1[nH]n(Cc2ccccc2)c(O)c1Sc1ccccc1Br. The molecule has 0 radical (unpaired) electrons. The van der Waals surface area contributed by atoms with Crippen molar-refractivity contribution in [3.63, 3.8) is 0 Å². The summed E-state index contributed by atoms with van der Waals surface area (Å²) in [6, 6.07) is 17.2. The molecule has 0 aliphatic rings. The van der Waals surface area contributed by atoms with Gasteiger partial charge in [-0.25, -0.2) is 4.68 Å². The molecule has 0 saturated carbocycles. The van der Waals surface area contributed by atoms with E-state index in [9.17, 15) is 9.90 Å². The van der Waals surface area contributed by atoms with Crippen molar-refractivity contribution in [3.8, 4) is 5.88 Å². The summed E-state index contributed by atoms with van der Waals surface area (Å²) in [6.07, 6.45) is 0. The summed E-state index contributed by atoms with van der Waals surface area (Å²) in [5.74, 6) is -0.0467. The van der Waals surface area contributed by atoms with Gasteiger partial charge in [-0.15, -0.1) is 0 Å². The van der Waals surface area contributed by atoms with Crippen LogP contribution in [0.2, 0.25) is 0 Å². The molecule has 0 unspecified atom stereocenters. The van der Waals surface area contributed by atoms with E-state index in [4.69, 9.17) is 0 Å². The molecule has 1 aromatic heterocycles. The van der Waals surface area contributed by atoms with E-state index in [1.54, 1.807) is 0 Å². The molecule has 3 rings (SSSR count). The molecule has 22 heavy (non-hydrogen) atoms. The first-order chi connectivity index (χ1) is 10.6. The fourth-order valence-electron chi connectivity index (χ4n) is 2.06. The highest BCUT2D eigenvalue weighted by molar-refractivity contribution is 9.10. The number of hydrogen-bond acceptors (Lipinski definition) is 3. The number of hydrogen-bond donors (Lipinski definition) is 2. The van der Waals surface area contributed by atoms with Crippen molar-refractivity contribution in [2.75, 3.05) is 0 Å². The Labute approximate surface area is 139 Å². The maximum Gasteiger partial charge on any atom is 0.282 e. The number of H-pyrrole nitrogens is 1. The summed E-state index contributed by atoms with van der Waals surface area (Å²) < 4.78 is 2.34. The number of benzene rings is 2. The molecular weight excluding hydrogens is 364 g/mol. The molecule has 1 heterocycles. The molecule has 0 bridgehead atoms. The van der Waals surface area contributed by atoms with Gasteiger partial charge >= 0.3 is 0 Å². The van der Waals surface area contributed by atoms with Gasteiger partial charge in [-0.2, -0.15) is 0 Å². The molecule has 2 aromatic carbocycles.